The lowest BCUT2D eigenvalue weighted by molar-refractivity contribution is -0.120. The smallest absolute Gasteiger partial charge is 0.256 e. The minimum Gasteiger partial charge on any atom is -0.327 e. The number of hydrogen-bond acceptors (Lipinski definition) is 2. The monoisotopic (exact) mass is 531 g/mol. The molecule has 1 aromatic heterocycles. The number of carbonyl (C=O) groups excluding carboxylic acids is 2. The fourth-order valence-corrected chi connectivity index (χ4v) is 5.34. The maximum Gasteiger partial charge on any atom is 0.256 e. The van der Waals surface area contributed by atoms with Gasteiger partial charge < -0.3 is 9.47 Å². The second-order valence-electron chi connectivity index (χ2n) is 9.52. The van der Waals surface area contributed by atoms with Gasteiger partial charge in [0.25, 0.3) is 5.91 Å². The van der Waals surface area contributed by atoms with Crippen molar-refractivity contribution in [2.75, 3.05) is 11.4 Å². The summed E-state index contributed by atoms with van der Waals surface area (Å²) in [6.45, 7) is 5.72. The first-order chi connectivity index (χ1) is 17.8. The molecular weight excluding hydrogens is 505 g/mol. The molecule has 7 heteroatoms. The van der Waals surface area contributed by atoms with Crippen molar-refractivity contribution in [2.45, 2.75) is 32.9 Å². The van der Waals surface area contributed by atoms with E-state index in [1.165, 1.54) is 0 Å². The van der Waals surface area contributed by atoms with Crippen LogP contribution in [-0.4, -0.2) is 33.9 Å². The Morgan fingerprint density at radius 3 is 2.30 bits per heavy atom. The van der Waals surface area contributed by atoms with Crippen molar-refractivity contribution in [3.63, 3.8) is 0 Å². The van der Waals surface area contributed by atoms with Crippen LogP contribution in [-0.2, 0) is 4.79 Å². The summed E-state index contributed by atoms with van der Waals surface area (Å²) in [5.74, 6) is -0.497. The molecule has 1 atom stereocenters. The Hall–Kier alpha value is -3.54. The molecule has 1 aliphatic rings. The molecule has 0 radical (unpaired) electrons. The lowest BCUT2D eigenvalue weighted by atomic mass is 9.97. The topological polar surface area (TPSA) is 45.6 Å². The van der Waals surface area contributed by atoms with Crippen LogP contribution < -0.4 is 4.90 Å². The highest BCUT2D eigenvalue weighted by atomic mass is 35.5. The van der Waals surface area contributed by atoms with E-state index < -0.39 is 0 Å². The largest absolute Gasteiger partial charge is 0.327 e. The van der Waals surface area contributed by atoms with Crippen LogP contribution in [0.4, 0.5) is 5.69 Å². The number of amides is 2. The van der Waals surface area contributed by atoms with Gasteiger partial charge in [0.1, 0.15) is 12.6 Å². The molecule has 37 heavy (non-hydrogen) atoms. The minimum atomic E-state index is -0.346. The van der Waals surface area contributed by atoms with Crippen LogP contribution >= 0.6 is 23.2 Å². The van der Waals surface area contributed by atoms with Crippen molar-refractivity contribution >= 4 is 40.7 Å². The molecular formula is C30H27Cl2N3O2. The molecule has 188 valence electrons. The number of halogens is 2. The number of benzene rings is 3. The number of aryl methyl sites for hydroxylation is 1. The zero-order chi connectivity index (χ0) is 26.3. The molecule has 1 aliphatic heterocycles. The third-order valence-corrected chi connectivity index (χ3v) is 7.28. The minimum absolute atomic E-state index is 0.104. The summed E-state index contributed by atoms with van der Waals surface area (Å²) in [7, 11) is 0. The molecule has 0 bridgehead atoms. The van der Waals surface area contributed by atoms with Gasteiger partial charge >= 0.3 is 0 Å². The molecule has 0 spiro atoms. The Morgan fingerprint density at radius 2 is 1.62 bits per heavy atom. The highest BCUT2D eigenvalue weighted by Crippen LogP contribution is 2.42. The van der Waals surface area contributed by atoms with E-state index in [9.17, 15) is 9.59 Å². The van der Waals surface area contributed by atoms with Crippen LogP contribution in [0.25, 0.3) is 5.69 Å². The Labute approximate surface area is 226 Å². The fourth-order valence-electron chi connectivity index (χ4n) is 4.85. The van der Waals surface area contributed by atoms with Gasteiger partial charge in [-0.05, 0) is 68.8 Å². The summed E-state index contributed by atoms with van der Waals surface area (Å²) in [6.07, 6.45) is 2.02. The molecule has 5 rings (SSSR count). The molecule has 0 saturated carbocycles. The van der Waals surface area contributed by atoms with Crippen molar-refractivity contribution < 1.29 is 9.59 Å². The fraction of sp³-hybridized carbons (Fsp3) is 0.200. The average molecular weight is 532 g/mol. The second kappa shape index (κ2) is 10.1. The number of anilines is 1. The van der Waals surface area contributed by atoms with E-state index in [0.717, 1.165) is 28.2 Å². The molecule has 4 aromatic rings. The number of carbonyl (C=O) groups is 2. The molecule has 2 heterocycles. The first-order valence-corrected chi connectivity index (χ1v) is 12.9. The molecule has 0 N–H and O–H groups in total. The molecule has 0 fully saturated rings. The van der Waals surface area contributed by atoms with Crippen LogP contribution in [0.2, 0.25) is 10.0 Å². The van der Waals surface area contributed by atoms with Gasteiger partial charge in [0.05, 0.1) is 27.7 Å². The van der Waals surface area contributed by atoms with E-state index in [-0.39, 0.29) is 35.5 Å². The van der Waals surface area contributed by atoms with Gasteiger partial charge in [-0.25, -0.2) is 0 Å². The zero-order valence-corrected chi connectivity index (χ0v) is 22.4. The number of fused-ring (bicyclic) bond motifs is 3. The maximum atomic E-state index is 14.2. The molecule has 0 aliphatic carbocycles. The summed E-state index contributed by atoms with van der Waals surface area (Å²) >= 11 is 12.4. The lowest BCUT2D eigenvalue weighted by Gasteiger charge is -2.40. The standard InChI is InChI=1S/C30H27Cl2N3O2/c1-19(2)34(30(37)23-15-14-22(31)17-24(23)32)18-28(36)35-26-8-5-4-7-25(26)33-16-6-9-27(33)29(35)21-12-10-20(3)11-13-21/h4-17,19,29H,18H2,1-3H3/t29-/m0/s1. The molecule has 0 saturated heterocycles. The highest BCUT2D eigenvalue weighted by Gasteiger charge is 2.37. The first kappa shape index (κ1) is 25.1. The van der Waals surface area contributed by atoms with Crippen LogP contribution in [0, 0.1) is 6.92 Å². The van der Waals surface area contributed by atoms with Crippen molar-refractivity contribution in [3.05, 3.63) is 117 Å². The summed E-state index contributed by atoms with van der Waals surface area (Å²) in [6, 6.07) is 24.3. The maximum absolute atomic E-state index is 14.2. The van der Waals surface area contributed by atoms with Crippen LogP contribution in [0.15, 0.2) is 85.1 Å². The predicted octanol–water partition coefficient (Wildman–Crippen LogP) is 7.08. The first-order valence-electron chi connectivity index (χ1n) is 12.2. The van der Waals surface area contributed by atoms with Gasteiger partial charge in [0, 0.05) is 17.3 Å². The SMILES string of the molecule is Cc1ccc([C@H]2c3cccn3-c3ccccc3N2C(=O)CN(C(=O)c2ccc(Cl)cc2Cl)C(C)C)cc1. The summed E-state index contributed by atoms with van der Waals surface area (Å²) in [5, 5.41) is 0.705. The third-order valence-electron chi connectivity index (χ3n) is 6.73. The van der Waals surface area contributed by atoms with Gasteiger partial charge in [0.15, 0.2) is 0 Å². The Morgan fingerprint density at radius 1 is 0.919 bits per heavy atom. The van der Waals surface area contributed by atoms with E-state index in [1.54, 1.807) is 23.1 Å². The number of para-hydroxylation sites is 2. The van der Waals surface area contributed by atoms with Crippen molar-refractivity contribution in [2.24, 2.45) is 0 Å². The quantitative estimate of drug-likeness (QED) is 0.276. The van der Waals surface area contributed by atoms with Crippen LogP contribution in [0.5, 0.6) is 0 Å². The van der Waals surface area contributed by atoms with Crippen molar-refractivity contribution in [1.29, 1.82) is 0 Å². The van der Waals surface area contributed by atoms with Crippen LogP contribution in [0.1, 0.15) is 47.1 Å². The van der Waals surface area contributed by atoms with Gasteiger partial charge in [0.2, 0.25) is 5.91 Å². The number of nitrogens with zero attached hydrogens (tertiary/aromatic N) is 3. The molecule has 2 amide bonds. The van der Waals surface area contributed by atoms with Gasteiger partial charge in [-0.2, -0.15) is 0 Å². The number of aromatic nitrogens is 1. The Balaban J connectivity index is 1.57. The summed E-state index contributed by atoms with van der Waals surface area (Å²) in [4.78, 5) is 31.1. The third kappa shape index (κ3) is 4.65. The number of hydrogen-bond donors (Lipinski definition) is 0. The van der Waals surface area contributed by atoms with Gasteiger partial charge in [-0.15, -0.1) is 0 Å². The molecule has 3 aromatic carbocycles. The van der Waals surface area contributed by atoms with E-state index in [4.69, 9.17) is 23.2 Å². The van der Waals surface area contributed by atoms with Crippen LogP contribution in [0.3, 0.4) is 0 Å². The second-order valence-corrected chi connectivity index (χ2v) is 10.4. The van der Waals surface area contributed by atoms with E-state index in [0.29, 0.717) is 10.6 Å². The lowest BCUT2D eigenvalue weighted by Crippen LogP contribution is -2.48. The predicted molar refractivity (Wildman–Crippen MR) is 149 cm³/mol. The Kier molecular flexibility index (Phi) is 6.84. The molecule has 5 nitrogen and oxygen atoms in total. The number of rotatable bonds is 5. The van der Waals surface area contributed by atoms with Crippen molar-refractivity contribution in [3.8, 4) is 5.69 Å². The van der Waals surface area contributed by atoms with Gasteiger partial charge in [-0.3, -0.25) is 14.5 Å². The van der Waals surface area contributed by atoms with Gasteiger partial charge in [-0.1, -0.05) is 65.2 Å². The summed E-state index contributed by atoms with van der Waals surface area (Å²) in [5.41, 5.74) is 5.15. The highest BCUT2D eigenvalue weighted by molar-refractivity contribution is 6.36. The Bertz CT molecular complexity index is 1480. The van der Waals surface area contributed by atoms with E-state index >= 15 is 0 Å². The average Bonchev–Trinajstić information content (AvgIpc) is 3.36. The molecule has 0 unspecified atom stereocenters. The normalized spacial score (nSPS) is 14.3. The van der Waals surface area contributed by atoms with E-state index in [2.05, 4.69) is 28.8 Å². The van der Waals surface area contributed by atoms with Crippen molar-refractivity contribution in [1.82, 2.24) is 9.47 Å². The summed E-state index contributed by atoms with van der Waals surface area (Å²) < 4.78 is 2.13. The van der Waals surface area contributed by atoms with E-state index in [1.807, 2.05) is 68.3 Å². The zero-order valence-electron chi connectivity index (χ0n) is 20.9.